The summed E-state index contributed by atoms with van der Waals surface area (Å²) in [5.41, 5.74) is 1.13. The van der Waals surface area contributed by atoms with Crippen molar-refractivity contribution in [3.05, 3.63) is 41.7 Å². The zero-order valence-corrected chi connectivity index (χ0v) is 14.0. The summed E-state index contributed by atoms with van der Waals surface area (Å²) >= 11 is 0. The molecule has 0 bridgehead atoms. The molecule has 0 amide bonds. The maximum Gasteiger partial charge on any atom is 0.176 e. The number of aryl methyl sites for hydroxylation is 1. The molecule has 0 saturated carbocycles. The summed E-state index contributed by atoms with van der Waals surface area (Å²) < 4.78 is 13.3. The van der Waals surface area contributed by atoms with Crippen LogP contribution in [0.1, 0.15) is 36.7 Å². The molecule has 0 spiro atoms. The van der Waals surface area contributed by atoms with Gasteiger partial charge in [0.05, 0.1) is 7.11 Å². The highest BCUT2D eigenvalue weighted by Gasteiger charge is 2.18. The van der Waals surface area contributed by atoms with Crippen molar-refractivity contribution in [3.63, 3.8) is 0 Å². The minimum absolute atomic E-state index is 0.457. The Morgan fingerprint density at radius 2 is 2.24 bits per heavy atom. The van der Waals surface area contributed by atoms with Gasteiger partial charge in [0.2, 0.25) is 0 Å². The number of ether oxygens (including phenoxy) is 1. The summed E-state index contributed by atoms with van der Waals surface area (Å²) in [5, 5.41) is 19.1. The van der Waals surface area contributed by atoms with Crippen LogP contribution in [0.25, 0.3) is 22.6 Å². The first kappa shape index (κ1) is 15.5. The summed E-state index contributed by atoms with van der Waals surface area (Å²) in [6.45, 7) is 0.852. The molecule has 3 aromatic rings. The van der Waals surface area contributed by atoms with Gasteiger partial charge in [0.1, 0.15) is 23.2 Å². The van der Waals surface area contributed by atoms with Crippen molar-refractivity contribution in [1.82, 2.24) is 14.8 Å². The second-order valence-electron chi connectivity index (χ2n) is 6.10. The lowest BCUT2D eigenvalue weighted by atomic mass is 10.2. The van der Waals surface area contributed by atoms with Gasteiger partial charge in [-0.25, -0.2) is 0 Å². The van der Waals surface area contributed by atoms with E-state index in [4.69, 9.17) is 9.15 Å². The predicted molar refractivity (Wildman–Crippen MR) is 93.8 cm³/mol. The van der Waals surface area contributed by atoms with E-state index in [0.29, 0.717) is 28.5 Å². The molecule has 0 atom stereocenters. The number of fused-ring (bicyclic) bond motifs is 2. The first-order valence-electron chi connectivity index (χ1n) is 8.41. The van der Waals surface area contributed by atoms with E-state index >= 15 is 0 Å². The van der Waals surface area contributed by atoms with Gasteiger partial charge in [0.25, 0.3) is 0 Å². The van der Waals surface area contributed by atoms with Crippen LogP contribution in [0, 0.1) is 11.3 Å². The average molecular weight is 334 g/mol. The molecule has 126 valence electrons. The Morgan fingerprint density at radius 3 is 3.08 bits per heavy atom. The van der Waals surface area contributed by atoms with Gasteiger partial charge >= 0.3 is 0 Å². The Hall–Kier alpha value is -3.07. The zero-order valence-electron chi connectivity index (χ0n) is 14.0. The van der Waals surface area contributed by atoms with Crippen molar-refractivity contribution in [3.8, 4) is 11.8 Å². The van der Waals surface area contributed by atoms with E-state index in [1.54, 1.807) is 13.2 Å². The Kier molecular flexibility index (Phi) is 3.98. The lowest BCUT2D eigenvalue weighted by Crippen LogP contribution is -2.05. The minimum atomic E-state index is 0.457. The third kappa shape index (κ3) is 2.78. The third-order valence-electron chi connectivity index (χ3n) is 4.50. The van der Waals surface area contributed by atoms with Crippen molar-refractivity contribution >= 4 is 22.6 Å². The number of hydrogen-bond donors (Lipinski definition) is 0. The Labute approximate surface area is 145 Å². The summed E-state index contributed by atoms with van der Waals surface area (Å²) in [7, 11) is 1.61. The van der Waals surface area contributed by atoms with Gasteiger partial charge in [-0.15, -0.1) is 10.2 Å². The van der Waals surface area contributed by atoms with Gasteiger partial charge in [-0.1, -0.05) is 18.6 Å². The Balaban J connectivity index is 1.77. The van der Waals surface area contributed by atoms with Crippen LogP contribution in [-0.4, -0.2) is 21.9 Å². The van der Waals surface area contributed by atoms with Crippen molar-refractivity contribution in [1.29, 1.82) is 5.26 Å². The number of rotatable bonds is 3. The normalized spacial score (nSPS) is 14.8. The van der Waals surface area contributed by atoms with Crippen molar-refractivity contribution in [2.24, 2.45) is 0 Å². The smallest absolute Gasteiger partial charge is 0.176 e. The van der Waals surface area contributed by atoms with Crippen molar-refractivity contribution < 1.29 is 9.15 Å². The maximum absolute atomic E-state index is 9.64. The van der Waals surface area contributed by atoms with Gasteiger partial charge in [-0.3, -0.25) is 0 Å². The molecule has 0 N–H and O–H groups in total. The molecule has 0 aliphatic carbocycles. The molecule has 1 aromatic carbocycles. The Morgan fingerprint density at radius 1 is 1.32 bits per heavy atom. The zero-order chi connectivity index (χ0) is 17.2. The quantitative estimate of drug-likeness (QED) is 0.680. The monoisotopic (exact) mass is 334 g/mol. The predicted octanol–water partition coefficient (Wildman–Crippen LogP) is 3.82. The molecule has 1 aliphatic rings. The van der Waals surface area contributed by atoms with E-state index in [1.807, 2.05) is 24.3 Å². The second kappa shape index (κ2) is 6.44. The number of nitriles is 1. The summed E-state index contributed by atoms with van der Waals surface area (Å²) in [5.74, 6) is 2.85. The fourth-order valence-electron chi connectivity index (χ4n) is 3.26. The second-order valence-corrected chi connectivity index (χ2v) is 6.10. The molecular weight excluding hydrogens is 316 g/mol. The van der Waals surface area contributed by atoms with Crippen LogP contribution in [0.15, 0.2) is 28.7 Å². The van der Waals surface area contributed by atoms with Gasteiger partial charge in [-0.05, 0) is 25.0 Å². The van der Waals surface area contributed by atoms with Crippen molar-refractivity contribution in [2.75, 3.05) is 7.11 Å². The molecule has 0 fully saturated rings. The summed E-state index contributed by atoms with van der Waals surface area (Å²) in [6, 6.07) is 9.85. The molecule has 2 aromatic heterocycles. The van der Waals surface area contributed by atoms with E-state index in [2.05, 4.69) is 20.8 Å². The molecular formula is C19H18N4O2. The average Bonchev–Trinajstić information content (AvgIpc) is 3.15. The number of para-hydroxylation sites is 1. The first-order valence-corrected chi connectivity index (χ1v) is 8.41. The van der Waals surface area contributed by atoms with Crippen LogP contribution < -0.4 is 4.74 Å². The van der Waals surface area contributed by atoms with Gasteiger partial charge < -0.3 is 13.7 Å². The van der Waals surface area contributed by atoms with E-state index in [0.717, 1.165) is 37.0 Å². The van der Waals surface area contributed by atoms with E-state index in [9.17, 15) is 5.26 Å². The van der Waals surface area contributed by atoms with E-state index in [1.165, 1.54) is 6.42 Å². The fraction of sp³-hybridized carbons (Fsp3) is 0.316. The van der Waals surface area contributed by atoms with Crippen molar-refractivity contribution in [2.45, 2.75) is 32.2 Å². The number of methoxy groups -OCH3 is 1. The van der Waals surface area contributed by atoms with Crippen LogP contribution in [0.2, 0.25) is 0 Å². The van der Waals surface area contributed by atoms with Gasteiger partial charge in [0.15, 0.2) is 17.2 Å². The highest BCUT2D eigenvalue weighted by molar-refractivity contribution is 5.90. The molecule has 6 nitrogen and oxygen atoms in total. The molecule has 6 heteroatoms. The maximum atomic E-state index is 9.64. The fourth-order valence-corrected chi connectivity index (χ4v) is 3.26. The van der Waals surface area contributed by atoms with Crippen LogP contribution in [-0.2, 0) is 13.0 Å². The molecule has 0 unspecified atom stereocenters. The van der Waals surface area contributed by atoms with Gasteiger partial charge in [-0.2, -0.15) is 5.26 Å². The number of benzene rings is 1. The number of furan rings is 1. The summed E-state index contributed by atoms with van der Waals surface area (Å²) in [4.78, 5) is 0. The molecule has 0 saturated heterocycles. The number of allylic oxidation sites excluding steroid dienone is 1. The van der Waals surface area contributed by atoms with Gasteiger partial charge in [0, 0.05) is 24.4 Å². The standard InChI is InChI=1S/C19H18N4O2/c1-24-16-7-5-6-13-10-15(25-18(13)16)11-14(12-20)19-22-21-17-8-3-2-4-9-23(17)19/h5-7,10-11H,2-4,8-9H2,1H3/b14-11+. The topological polar surface area (TPSA) is 76.9 Å². The third-order valence-corrected chi connectivity index (χ3v) is 4.50. The highest BCUT2D eigenvalue weighted by Crippen LogP contribution is 2.30. The van der Waals surface area contributed by atoms with Crippen LogP contribution >= 0.6 is 0 Å². The van der Waals surface area contributed by atoms with Crippen LogP contribution in [0.5, 0.6) is 5.75 Å². The first-order chi connectivity index (χ1) is 12.3. The lowest BCUT2D eigenvalue weighted by molar-refractivity contribution is 0.410. The molecule has 4 rings (SSSR count). The molecule has 0 radical (unpaired) electrons. The van der Waals surface area contributed by atoms with Crippen LogP contribution in [0.4, 0.5) is 0 Å². The minimum Gasteiger partial charge on any atom is -0.493 e. The largest absolute Gasteiger partial charge is 0.493 e. The number of hydrogen-bond acceptors (Lipinski definition) is 5. The highest BCUT2D eigenvalue weighted by atomic mass is 16.5. The number of aromatic nitrogens is 3. The Bertz CT molecular complexity index is 991. The van der Waals surface area contributed by atoms with Crippen LogP contribution in [0.3, 0.4) is 0 Å². The summed E-state index contributed by atoms with van der Waals surface area (Å²) in [6.07, 6.45) is 6.01. The van der Waals surface area contributed by atoms with E-state index < -0.39 is 0 Å². The number of nitrogens with zero attached hydrogens (tertiary/aromatic N) is 4. The lowest BCUT2D eigenvalue weighted by Gasteiger charge is -2.05. The SMILES string of the molecule is COc1cccc2cc(/C=C(\C#N)c3nnc4n3CCCCC4)oc12. The molecule has 1 aliphatic heterocycles. The van der Waals surface area contributed by atoms with E-state index in [-0.39, 0.29) is 0 Å². The molecule has 25 heavy (non-hydrogen) atoms. The molecule has 3 heterocycles.